The highest BCUT2D eigenvalue weighted by Crippen LogP contribution is 2.15. The third-order valence-electron chi connectivity index (χ3n) is 3.25. The molecule has 2 N–H and O–H groups in total. The number of hydrogen-bond donors (Lipinski definition) is 2. The van der Waals surface area contributed by atoms with Gasteiger partial charge < -0.3 is 15.2 Å². The molecular formula is C16H19N3O3. The van der Waals surface area contributed by atoms with Gasteiger partial charge in [-0.2, -0.15) is 0 Å². The Kier molecular flexibility index (Phi) is 5.30. The number of carbonyl (C=O) groups is 1. The predicted octanol–water partition coefficient (Wildman–Crippen LogP) is 2.47. The second-order valence-electron chi connectivity index (χ2n) is 5.13. The Balaban J connectivity index is 1.83. The summed E-state index contributed by atoms with van der Waals surface area (Å²) in [5.41, 5.74) is 1.18. The summed E-state index contributed by atoms with van der Waals surface area (Å²) in [6.07, 6.45) is 3.61. The summed E-state index contributed by atoms with van der Waals surface area (Å²) in [5.74, 6) is 0.746. The Labute approximate surface area is 129 Å². The van der Waals surface area contributed by atoms with Gasteiger partial charge >= 0.3 is 5.97 Å². The molecule has 6 nitrogen and oxygen atoms in total. The first-order valence-electron chi connectivity index (χ1n) is 7.00. The van der Waals surface area contributed by atoms with E-state index in [1.165, 1.54) is 18.0 Å². The zero-order valence-electron chi connectivity index (χ0n) is 12.6. The maximum atomic E-state index is 10.7. The van der Waals surface area contributed by atoms with Gasteiger partial charge in [0, 0.05) is 6.54 Å². The lowest BCUT2D eigenvalue weighted by Crippen LogP contribution is -2.15. The maximum absolute atomic E-state index is 10.7. The first-order valence-corrected chi connectivity index (χ1v) is 7.00. The predicted molar refractivity (Wildman–Crippen MR) is 83.3 cm³/mol. The fourth-order valence-electron chi connectivity index (χ4n) is 2.04. The number of carboxylic acid groups (broad SMARTS) is 1. The number of rotatable bonds is 7. The average molecular weight is 301 g/mol. The third kappa shape index (κ3) is 4.44. The van der Waals surface area contributed by atoms with Crippen molar-refractivity contribution < 1.29 is 14.6 Å². The molecule has 0 aliphatic carbocycles. The highest BCUT2D eigenvalue weighted by Gasteiger charge is 2.07. The van der Waals surface area contributed by atoms with Crippen LogP contribution in [-0.2, 0) is 6.42 Å². The molecule has 0 aliphatic rings. The molecule has 0 spiro atoms. The summed E-state index contributed by atoms with van der Waals surface area (Å²) in [5, 5.41) is 11.9. The first-order chi connectivity index (χ1) is 10.6. The van der Waals surface area contributed by atoms with Gasteiger partial charge in [0.05, 0.1) is 19.5 Å². The number of anilines is 1. The highest BCUT2D eigenvalue weighted by atomic mass is 16.5. The monoisotopic (exact) mass is 301 g/mol. The molecule has 1 unspecified atom stereocenters. The standard InChI is InChI=1S/C16H19N3O3/c1-11(7-12-3-5-13(22-2)6-4-12)8-18-15-10-17-14(9-19-15)16(20)21/h3-6,9-11H,7-8H2,1-2H3,(H,18,19)(H,20,21). The Bertz CT molecular complexity index is 612. The number of carboxylic acids is 1. The van der Waals surface area contributed by atoms with Crippen LogP contribution in [0, 0.1) is 5.92 Å². The van der Waals surface area contributed by atoms with E-state index in [4.69, 9.17) is 9.84 Å². The Morgan fingerprint density at radius 2 is 2.00 bits per heavy atom. The summed E-state index contributed by atoms with van der Waals surface area (Å²) in [6, 6.07) is 8.00. The van der Waals surface area contributed by atoms with Crippen molar-refractivity contribution in [1.29, 1.82) is 0 Å². The van der Waals surface area contributed by atoms with Crippen LogP contribution >= 0.6 is 0 Å². The normalized spacial score (nSPS) is 11.7. The van der Waals surface area contributed by atoms with E-state index < -0.39 is 5.97 Å². The fraction of sp³-hybridized carbons (Fsp3) is 0.312. The van der Waals surface area contributed by atoms with Gasteiger partial charge in [-0.15, -0.1) is 0 Å². The van der Waals surface area contributed by atoms with Crippen LogP contribution in [0.25, 0.3) is 0 Å². The molecule has 1 atom stereocenters. The fourth-order valence-corrected chi connectivity index (χ4v) is 2.04. The van der Waals surface area contributed by atoms with Gasteiger partial charge in [0.2, 0.25) is 0 Å². The van der Waals surface area contributed by atoms with Crippen molar-refractivity contribution in [3.05, 3.63) is 47.9 Å². The van der Waals surface area contributed by atoms with Gasteiger partial charge in [-0.1, -0.05) is 19.1 Å². The molecule has 0 saturated heterocycles. The minimum atomic E-state index is -1.08. The molecule has 0 saturated carbocycles. The lowest BCUT2D eigenvalue weighted by molar-refractivity contribution is 0.0690. The van der Waals surface area contributed by atoms with Crippen molar-refractivity contribution in [1.82, 2.24) is 9.97 Å². The molecule has 0 fully saturated rings. The van der Waals surface area contributed by atoms with Gasteiger partial charge in [0.15, 0.2) is 5.69 Å². The zero-order valence-corrected chi connectivity index (χ0v) is 12.6. The van der Waals surface area contributed by atoms with Crippen LogP contribution in [0.15, 0.2) is 36.7 Å². The number of ether oxygens (including phenoxy) is 1. The lowest BCUT2D eigenvalue weighted by Gasteiger charge is -2.13. The van der Waals surface area contributed by atoms with E-state index in [1.54, 1.807) is 7.11 Å². The number of aromatic carboxylic acids is 1. The van der Waals surface area contributed by atoms with Crippen molar-refractivity contribution >= 4 is 11.8 Å². The number of nitrogens with zero attached hydrogens (tertiary/aromatic N) is 2. The molecular weight excluding hydrogens is 282 g/mol. The largest absolute Gasteiger partial charge is 0.497 e. The van der Waals surface area contributed by atoms with Crippen LogP contribution < -0.4 is 10.1 Å². The number of aromatic nitrogens is 2. The summed E-state index contributed by atoms with van der Waals surface area (Å²) in [7, 11) is 1.65. The number of benzene rings is 1. The average Bonchev–Trinajstić information content (AvgIpc) is 2.54. The summed E-state index contributed by atoms with van der Waals surface area (Å²) in [4.78, 5) is 18.5. The van der Waals surface area contributed by atoms with E-state index in [-0.39, 0.29) is 5.69 Å². The van der Waals surface area contributed by atoms with Crippen molar-refractivity contribution in [2.24, 2.45) is 5.92 Å². The van der Waals surface area contributed by atoms with Crippen LogP contribution in [-0.4, -0.2) is 34.7 Å². The Hall–Kier alpha value is -2.63. The summed E-state index contributed by atoms with van der Waals surface area (Å²) in [6.45, 7) is 2.86. The second-order valence-corrected chi connectivity index (χ2v) is 5.13. The van der Waals surface area contributed by atoms with Crippen LogP contribution in [0.5, 0.6) is 5.75 Å². The molecule has 2 rings (SSSR count). The molecule has 1 heterocycles. The molecule has 6 heteroatoms. The lowest BCUT2D eigenvalue weighted by atomic mass is 10.0. The molecule has 0 aliphatic heterocycles. The third-order valence-corrected chi connectivity index (χ3v) is 3.25. The Morgan fingerprint density at radius 1 is 1.27 bits per heavy atom. The van der Waals surface area contributed by atoms with Crippen molar-refractivity contribution in [2.75, 3.05) is 19.0 Å². The summed E-state index contributed by atoms with van der Waals surface area (Å²) < 4.78 is 5.14. The van der Waals surface area contributed by atoms with Gasteiger partial charge in [0.25, 0.3) is 0 Å². The maximum Gasteiger partial charge on any atom is 0.356 e. The molecule has 0 radical (unpaired) electrons. The van der Waals surface area contributed by atoms with Crippen molar-refractivity contribution in [3.63, 3.8) is 0 Å². The van der Waals surface area contributed by atoms with E-state index in [0.717, 1.165) is 18.7 Å². The first kappa shape index (κ1) is 15.8. The van der Waals surface area contributed by atoms with Crippen LogP contribution in [0.2, 0.25) is 0 Å². The topological polar surface area (TPSA) is 84.3 Å². The molecule has 22 heavy (non-hydrogen) atoms. The smallest absolute Gasteiger partial charge is 0.356 e. The van der Waals surface area contributed by atoms with E-state index in [9.17, 15) is 4.79 Å². The number of methoxy groups -OCH3 is 1. The second kappa shape index (κ2) is 7.40. The number of hydrogen-bond acceptors (Lipinski definition) is 5. The van der Waals surface area contributed by atoms with E-state index in [1.807, 2.05) is 12.1 Å². The molecule has 116 valence electrons. The van der Waals surface area contributed by atoms with Gasteiger partial charge in [-0.05, 0) is 30.0 Å². The highest BCUT2D eigenvalue weighted by molar-refractivity contribution is 5.84. The zero-order chi connectivity index (χ0) is 15.9. The van der Waals surface area contributed by atoms with Crippen LogP contribution in [0.3, 0.4) is 0 Å². The van der Waals surface area contributed by atoms with Crippen molar-refractivity contribution in [3.8, 4) is 5.75 Å². The molecule has 1 aromatic heterocycles. The molecule has 0 amide bonds. The van der Waals surface area contributed by atoms with Crippen LogP contribution in [0.4, 0.5) is 5.82 Å². The van der Waals surface area contributed by atoms with Gasteiger partial charge in [0.1, 0.15) is 11.6 Å². The quantitative estimate of drug-likeness (QED) is 0.817. The summed E-state index contributed by atoms with van der Waals surface area (Å²) >= 11 is 0. The van der Waals surface area contributed by atoms with E-state index in [2.05, 4.69) is 34.3 Å². The van der Waals surface area contributed by atoms with Gasteiger partial charge in [-0.25, -0.2) is 14.8 Å². The van der Waals surface area contributed by atoms with E-state index >= 15 is 0 Å². The number of nitrogens with one attached hydrogen (secondary N) is 1. The van der Waals surface area contributed by atoms with Crippen LogP contribution in [0.1, 0.15) is 23.0 Å². The molecule has 0 bridgehead atoms. The molecule has 1 aromatic carbocycles. The Morgan fingerprint density at radius 3 is 2.55 bits per heavy atom. The van der Waals surface area contributed by atoms with Crippen molar-refractivity contribution in [2.45, 2.75) is 13.3 Å². The van der Waals surface area contributed by atoms with Gasteiger partial charge in [-0.3, -0.25) is 0 Å². The minimum Gasteiger partial charge on any atom is -0.497 e. The van der Waals surface area contributed by atoms with E-state index in [0.29, 0.717) is 11.7 Å². The SMILES string of the molecule is COc1ccc(CC(C)CNc2cnc(C(=O)O)cn2)cc1. The minimum absolute atomic E-state index is 0.0585. The molecule has 2 aromatic rings.